The molecule has 118 valence electrons. The number of nitrogens with one attached hydrogen (secondary N) is 3. The van der Waals surface area contributed by atoms with E-state index in [0.29, 0.717) is 16.3 Å². The van der Waals surface area contributed by atoms with E-state index >= 15 is 0 Å². The minimum Gasteiger partial charge on any atom is -0.306 e. The zero-order valence-corrected chi connectivity index (χ0v) is 14.2. The Morgan fingerprint density at radius 1 is 1.14 bits per heavy atom. The normalized spacial score (nSPS) is 24.6. The number of aromatic amines is 2. The van der Waals surface area contributed by atoms with E-state index in [1.165, 1.54) is 12.1 Å². The third kappa shape index (κ3) is 2.53. The fraction of sp³-hybridized carbons (Fsp3) is 0.385. The molecule has 1 aromatic heterocycles. The molecule has 22 heavy (non-hydrogen) atoms. The lowest BCUT2D eigenvalue weighted by atomic mass is 10.2. The summed E-state index contributed by atoms with van der Waals surface area (Å²) in [6.45, 7) is 3.95. The molecular formula is C13H14BrN3O4S. The Balaban J connectivity index is 2.12. The van der Waals surface area contributed by atoms with Crippen molar-refractivity contribution in [2.75, 3.05) is 0 Å². The zero-order chi connectivity index (χ0) is 16.2. The molecule has 0 bridgehead atoms. The van der Waals surface area contributed by atoms with Crippen molar-refractivity contribution in [2.24, 2.45) is 11.8 Å². The Morgan fingerprint density at radius 3 is 2.36 bits per heavy atom. The van der Waals surface area contributed by atoms with Crippen LogP contribution in [0.4, 0.5) is 0 Å². The van der Waals surface area contributed by atoms with Gasteiger partial charge in [-0.05, 0) is 39.9 Å². The van der Waals surface area contributed by atoms with E-state index in [1.54, 1.807) is 0 Å². The molecule has 7 nitrogen and oxygen atoms in total. The van der Waals surface area contributed by atoms with E-state index in [9.17, 15) is 18.0 Å². The van der Waals surface area contributed by atoms with E-state index in [4.69, 9.17) is 0 Å². The first-order valence-electron chi connectivity index (χ1n) is 6.69. The number of aromatic nitrogens is 2. The number of fused-ring (bicyclic) bond motifs is 1. The van der Waals surface area contributed by atoms with E-state index in [-0.39, 0.29) is 21.8 Å². The van der Waals surface area contributed by atoms with Crippen molar-refractivity contribution in [2.45, 2.75) is 24.8 Å². The minimum absolute atomic E-state index is 0.0178. The summed E-state index contributed by atoms with van der Waals surface area (Å²) in [6, 6.07) is 2.54. The van der Waals surface area contributed by atoms with Gasteiger partial charge in [-0.1, -0.05) is 13.8 Å². The van der Waals surface area contributed by atoms with Crippen molar-refractivity contribution >= 4 is 36.9 Å². The Bertz CT molecular complexity index is 971. The smallest absolute Gasteiger partial charge is 0.306 e. The highest BCUT2D eigenvalue weighted by molar-refractivity contribution is 9.10. The van der Waals surface area contributed by atoms with Crippen molar-refractivity contribution in [3.05, 3.63) is 37.4 Å². The van der Waals surface area contributed by atoms with Crippen molar-refractivity contribution < 1.29 is 8.42 Å². The number of hydrogen-bond acceptors (Lipinski definition) is 4. The second-order valence-corrected chi connectivity index (χ2v) is 8.17. The molecule has 1 saturated carbocycles. The summed E-state index contributed by atoms with van der Waals surface area (Å²) in [5.41, 5.74) is -1.02. The Labute approximate surface area is 134 Å². The molecule has 1 fully saturated rings. The Morgan fingerprint density at radius 2 is 1.77 bits per heavy atom. The lowest BCUT2D eigenvalue weighted by Gasteiger charge is -2.08. The molecule has 1 heterocycles. The summed E-state index contributed by atoms with van der Waals surface area (Å²) in [6.07, 6.45) is 0. The van der Waals surface area contributed by atoms with Gasteiger partial charge in [0.2, 0.25) is 10.0 Å². The number of H-pyrrole nitrogens is 2. The first-order chi connectivity index (χ1) is 10.2. The Hall–Kier alpha value is -1.45. The van der Waals surface area contributed by atoms with E-state index in [0.717, 1.165) is 0 Å². The fourth-order valence-electron chi connectivity index (χ4n) is 2.48. The minimum atomic E-state index is -3.73. The van der Waals surface area contributed by atoms with Gasteiger partial charge >= 0.3 is 5.69 Å². The third-order valence-corrected chi connectivity index (χ3v) is 6.26. The molecule has 1 aliphatic rings. The van der Waals surface area contributed by atoms with Gasteiger partial charge in [0.25, 0.3) is 5.56 Å². The van der Waals surface area contributed by atoms with E-state index in [1.807, 2.05) is 13.8 Å². The molecule has 0 amide bonds. The summed E-state index contributed by atoms with van der Waals surface area (Å²) in [5.74, 6) is 0.580. The first kappa shape index (κ1) is 15.4. The zero-order valence-electron chi connectivity index (χ0n) is 11.8. The van der Waals surface area contributed by atoms with Crippen LogP contribution in [0.2, 0.25) is 0 Å². The summed E-state index contributed by atoms with van der Waals surface area (Å²) < 4.78 is 27.8. The number of benzene rings is 1. The van der Waals surface area contributed by atoms with Crippen LogP contribution < -0.4 is 16.0 Å². The fourth-order valence-corrected chi connectivity index (χ4v) is 4.66. The summed E-state index contributed by atoms with van der Waals surface area (Å²) in [4.78, 5) is 27.7. The van der Waals surface area contributed by atoms with Crippen LogP contribution in [0.5, 0.6) is 0 Å². The van der Waals surface area contributed by atoms with Gasteiger partial charge in [-0.2, -0.15) is 0 Å². The predicted octanol–water partition coefficient (Wildman–Crippen LogP) is 0.912. The quantitative estimate of drug-likeness (QED) is 0.726. The highest BCUT2D eigenvalue weighted by atomic mass is 79.9. The number of sulfonamides is 1. The van der Waals surface area contributed by atoms with E-state index < -0.39 is 21.3 Å². The van der Waals surface area contributed by atoms with Gasteiger partial charge in [0.15, 0.2) is 0 Å². The van der Waals surface area contributed by atoms with Gasteiger partial charge in [-0.25, -0.2) is 17.9 Å². The van der Waals surface area contributed by atoms with Gasteiger partial charge in [-0.15, -0.1) is 0 Å². The largest absolute Gasteiger partial charge is 0.326 e. The SMILES string of the molecule is CC1C(C)C1NS(=O)(=O)c1cc(Br)c2[nH]c(=O)[nH]c(=O)c2c1. The maximum Gasteiger partial charge on any atom is 0.326 e. The van der Waals surface area contributed by atoms with Crippen LogP contribution in [0.1, 0.15) is 13.8 Å². The molecule has 1 aromatic carbocycles. The topological polar surface area (TPSA) is 112 Å². The molecule has 3 rings (SSSR count). The van der Waals surface area contributed by atoms with Crippen LogP contribution in [0.15, 0.2) is 31.1 Å². The van der Waals surface area contributed by atoms with Crippen LogP contribution in [0.3, 0.4) is 0 Å². The van der Waals surface area contributed by atoms with Crippen LogP contribution in [-0.2, 0) is 10.0 Å². The second kappa shape index (κ2) is 5.04. The van der Waals surface area contributed by atoms with Crippen molar-refractivity contribution in [1.29, 1.82) is 0 Å². The van der Waals surface area contributed by atoms with Crippen LogP contribution in [-0.4, -0.2) is 24.4 Å². The molecular weight excluding hydrogens is 374 g/mol. The van der Waals surface area contributed by atoms with Gasteiger partial charge < -0.3 is 4.98 Å². The van der Waals surface area contributed by atoms with Crippen molar-refractivity contribution in [3.63, 3.8) is 0 Å². The molecule has 1 aliphatic carbocycles. The highest BCUT2D eigenvalue weighted by Crippen LogP contribution is 2.39. The van der Waals surface area contributed by atoms with Crippen molar-refractivity contribution in [3.8, 4) is 0 Å². The van der Waals surface area contributed by atoms with E-state index in [2.05, 4.69) is 30.6 Å². The molecule has 2 aromatic rings. The molecule has 2 atom stereocenters. The Kier molecular flexibility index (Phi) is 3.54. The maximum atomic E-state index is 12.4. The lowest BCUT2D eigenvalue weighted by molar-refractivity contribution is 0.577. The third-order valence-electron chi connectivity index (χ3n) is 4.20. The second-order valence-electron chi connectivity index (χ2n) is 5.60. The average molecular weight is 388 g/mol. The van der Waals surface area contributed by atoms with Crippen LogP contribution in [0.25, 0.3) is 10.9 Å². The molecule has 0 radical (unpaired) electrons. The van der Waals surface area contributed by atoms with Gasteiger partial charge in [0.05, 0.1) is 15.8 Å². The number of hydrogen-bond donors (Lipinski definition) is 3. The van der Waals surface area contributed by atoms with Gasteiger partial charge in [-0.3, -0.25) is 9.78 Å². The molecule has 3 N–H and O–H groups in total. The average Bonchev–Trinajstić information content (AvgIpc) is 2.97. The van der Waals surface area contributed by atoms with Crippen LogP contribution in [0, 0.1) is 11.8 Å². The summed E-state index contributed by atoms with van der Waals surface area (Å²) >= 11 is 3.20. The summed E-state index contributed by atoms with van der Waals surface area (Å²) in [5, 5.41) is 0.103. The summed E-state index contributed by atoms with van der Waals surface area (Å²) in [7, 11) is -3.73. The number of halogens is 1. The molecule has 2 unspecified atom stereocenters. The van der Waals surface area contributed by atoms with Crippen LogP contribution >= 0.6 is 15.9 Å². The van der Waals surface area contributed by atoms with Gasteiger partial charge in [0, 0.05) is 10.5 Å². The lowest BCUT2D eigenvalue weighted by Crippen LogP contribution is -2.28. The van der Waals surface area contributed by atoms with Crippen molar-refractivity contribution in [1.82, 2.24) is 14.7 Å². The molecule has 9 heteroatoms. The maximum absolute atomic E-state index is 12.4. The molecule has 0 aliphatic heterocycles. The first-order valence-corrected chi connectivity index (χ1v) is 8.96. The molecule has 0 saturated heterocycles. The number of rotatable bonds is 3. The monoisotopic (exact) mass is 387 g/mol. The van der Waals surface area contributed by atoms with Gasteiger partial charge in [0.1, 0.15) is 0 Å². The molecule has 0 spiro atoms. The highest BCUT2D eigenvalue weighted by Gasteiger charge is 2.45. The predicted molar refractivity (Wildman–Crippen MR) is 85.3 cm³/mol. The standard InChI is InChI=1S/C13H14BrN3O4S/c1-5-6(2)10(5)17-22(20,21)7-3-8-11(9(14)4-7)15-13(19)16-12(8)18/h3-6,10,17H,1-2H3,(H2,15,16,18,19).